The maximum absolute atomic E-state index is 12.2. The maximum Gasteiger partial charge on any atom is 0.239 e. The Bertz CT molecular complexity index is 686. The van der Waals surface area contributed by atoms with Gasteiger partial charge in [0, 0.05) is 30.3 Å². The molecule has 1 aromatic heterocycles. The van der Waals surface area contributed by atoms with Crippen LogP contribution in [-0.2, 0) is 11.8 Å². The third-order valence-corrected chi connectivity index (χ3v) is 5.48. The molecule has 0 unspecified atom stereocenters. The van der Waals surface area contributed by atoms with Crippen molar-refractivity contribution >= 4 is 23.5 Å². The van der Waals surface area contributed by atoms with Gasteiger partial charge < -0.3 is 5.32 Å². The first-order valence-electron chi connectivity index (χ1n) is 8.31. The number of thioether (sulfide) groups is 1. The number of likely N-dealkylation sites (tertiary alicyclic amines) is 1. The molecule has 1 saturated heterocycles. The van der Waals surface area contributed by atoms with Crippen LogP contribution in [0.25, 0.3) is 0 Å². The molecule has 0 spiro atoms. The number of nitrogens with one attached hydrogen (secondary N) is 1. The highest BCUT2D eigenvalue weighted by Crippen LogP contribution is 2.25. The Balaban J connectivity index is 1.42. The van der Waals surface area contributed by atoms with Gasteiger partial charge in [0.2, 0.25) is 5.91 Å². The maximum atomic E-state index is 12.2. The summed E-state index contributed by atoms with van der Waals surface area (Å²) in [6, 6.07) is 12.4. The molecule has 0 saturated carbocycles. The first kappa shape index (κ1) is 17.0. The minimum Gasteiger partial charge on any atom is -0.310 e. The molecule has 1 amide bonds. The lowest BCUT2D eigenvalue weighted by Gasteiger charge is -2.15. The fraction of sp³-hybridized carbons (Fsp3) is 0.444. The molecule has 1 aliphatic heterocycles. The predicted molar refractivity (Wildman–Crippen MR) is 98.3 cm³/mol. The Morgan fingerprint density at radius 2 is 2.17 bits per heavy atom. The van der Waals surface area contributed by atoms with E-state index in [4.69, 9.17) is 0 Å². The minimum absolute atomic E-state index is 0.0364. The highest BCUT2D eigenvalue weighted by Gasteiger charge is 2.24. The van der Waals surface area contributed by atoms with Crippen LogP contribution in [0.2, 0.25) is 0 Å². The summed E-state index contributed by atoms with van der Waals surface area (Å²) in [4.78, 5) is 15.8. The summed E-state index contributed by atoms with van der Waals surface area (Å²) in [5.41, 5.74) is 0.909. The van der Waals surface area contributed by atoms with Gasteiger partial charge in [-0.2, -0.15) is 5.10 Å². The van der Waals surface area contributed by atoms with Crippen LogP contribution in [0.3, 0.4) is 0 Å². The number of amides is 1. The summed E-state index contributed by atoms with van der Waals surface area (Å²) in [6.45, 7) is 4.37. The molecular weight excluding hydrogens is 320 g/mol. The van der Waals surface area contributed by atoms with E-state index in [2.05, 4.69) is 39.6 Å². The van der Waals surface area contributed by atoms with E-state index in [9.17, 15) is 4.79 Å². The van der Waals surface area contributed by atoms with E-state index >= 15 is 0 Å². The predicted octanol–water partition coefficient (Wildman–Crippen LogP) is 2.78. The van der Waals surface area contributed by atoms with Crippen LogP contribution in [0.15, 0.2) is 41.3 Å². The third kappa shape index (κ3) is 4.61. The van der Waals surface area contributed by atoms with E-state index in [1.54, 1.807) is 4.68 Å². The molecule has 1 fully saturated rings. The second-order valence-electron chi connectivity index (χ2n) is 6.36. The first-order valence-corrected chi connectivity index (χ1v) is 9.29. The summed E-state index contributed by atoms with van der Waals surface area (Å²) < 4.78 is 1.70. The normalized spacial score (nSPS) is 18.0. The molecule has 1 atom stereocenters. The lowest BCUT2D eigenvalue weighted by atomic mass is 10.2. The van der Waals surface area contributed by atoms with E-state index in [-0.39, 0.29) is 5.91 Å². The zero-order chi connectivity index (χ0) is 16.9. The molecule has 2 heterocycles. The summed E-state index contributed by atoms with van der Waals surface area (Å²) in [7, 11) is 1.84. The largest absolute Gasteiger partial charge is 0.310 e. The number of nitrogens with zero attached hydrogens (tertiary/aromatic N) is 3. The molecule has 128 valence electrons. The molecular formula is C18H24N4OS. The Morgan fingerprint density at radius 3 is 2.88 bits per heavy atom. The Morgan fingerprint density at radius 1 is 1.38 bits per heavy atom. The Kier molecular flexibility index (Phi) is 5.58. The van der Waals surface area contributed by atoms with Gasteiger partial charge in [-0.15, -0.1) is 11.8 Å². The number of hydrogen-bond acceptors (Lipinski definition) is 4. The molecule has 0 aliphatic carbocycles. The average molecular weight is 344 g/mol. The number of carbonyl (C=O) groups excluding carboxylic acids is 1. The van der Waals surface area contributed by atoms with Crippen molar-refractivity contribution in [1.82, 2.24) is 14.7 Å². The monoisotopic (exact) mass is 344 g/mol. The number of rotatable bonds is 6. The number of aryl methyl sites for hydroxylation is 2. The van der Waals surface area contributed by atoms with Crippen LogP contribution >= 0.6 is 11.8 Å². The molecule has 0 bridgehead atoms. The zero-order valence-corrected chi connectivity index (χ0v) is 15.1. The van der Waals surface area contributed by atoms with Gasteiger partial charge in [-0.3, -0.25) is 14.4 Å². The van der Waals surface area contributed by atoms with Crippen LogP contribution in [0.4, 0.5) is 5.82 Å². The number of aromatic nitrogens is 2. The van der Waals surface area contributed by atoms with Gasteiger partial charge in [0.1, 0.15) is 5.82 Å². The van der Waals surface area contributed by atoms with Crippen molar-refractivity contribution in [2.75, 3.05) is 30.7 Å². The highest BCUT2D eigenvalue weighted by molar-refractivity contribution is 7.99. The van der Waals surface area contributed by atoms with Crippen molar-refractivity contribution in [3.8, 4) is 0 Å². The zero-order valence-electron chi connectivity index (χ0n) is 14.2. The average Bonchev–Trinajstić information content (AvgIpc) is 3.12. The van der Waals surface area contributed by atoms with E-state index in [0.717, 1.165) is 36.8 Å². The molecule has 1 N–H and O–H groups in total. The minimum atomic E-state index is 0.0364. The molecule has 3 rings (SSSR count). The van der Waals surface area contributed by atoms with Gasteiger partial charge in [-0.1, -0.05) is 18.2 Å². The van der Waals surface area contributed by atoms with Gasteiger partial charge in [0.25, 0.3) is 0 Å². The fourth-order valence-corrected chi connectivity index (χ4v) is 4.09. The van der Waals surface area contributed by atoms with Gasteiger partial charge in [-0.05, 0) is 37.9 Å². The third-order valence-electron chi connectivity index (χ3n) is 4.24. The van der Waals surface area contributed by atoms with Crippen molar-refractivity contribution < 1.29 is 4.79 Å². The topological polar surface area (TPSA) is 50.2 Å². The van der Waals surface area contributed by atoms with Gasteiger partial charge in [0.15, 0.2) is 0 Å². The molecule has 5 nitrogen and oxygen atoms in total. The van der Waals surface area contributed by atoms with Gasteiger partial charge in [-0.25, -0.2) is 0 Å². The summed E-state index contributed by atoms with van der Waals surface area (Å²) in [5, 5.41) is 7.19. The Labute approximate surface area is 147 Å². The van der Waals surface area contributed by atoms with Crippen molar-refractivity contribution in [3.63, 3.8) is 0 Å². The van der Waals surface area contributed by atoms with E-state index < -0.39 is 0 Å². The van der Waals surface area contributed by atoms with Crippen molar-refractivity contribution in [3.05, 3.63) is 42.1 Å². The molecule has 6 heteroatoms. The number of benzene rings is 1. The lowest BCUT2D eigenvalue weighted by Crippen LogP contribution is -2.32. The quantitative estimate of drug-likeness (QED) is 0.819. The lowest BCUT2D eigenvalue weighted by molar-refractivity contribution is -0.117. The molecule has 1 aliphatic rings. The molecule has 1 aromatic carbocycles. The van der Waals surface area contributed by atoms with Crippen LogP contribution in [0.1, 0.15) is 12.1 Å². The fourth-order valence-electron chi connectivity index (χ4n) is 3.04. The van der Waals surface area contributed by atoms with Crippen LogP contribution in [0, 0.1) is 12.8 Å². The summed E-state index contributed by atoms with van der Waals surface area (Å²) >= 11 is 1.91. The molecule has 0 radical (unpaired) electrons. The van der Waals surface area contributed by atoms with Crippen LogP contribution in [0.5, 0.6) is 0 Å². The van der Waals surface area contributed by atoms with E-state index in [0.29, 0.717) is 12.5 Å². The second-order valence-corrected chi connectivity index (χ2v) is 7.45. The van der Waals surface area contributed by atoms with Gasteiger partial charge >= 0.3 is 0 Å². The van der Waals surface area contributed by atoms with Crippen molar-refractivity contribution in [2.45, 2.75) is 18.2 Å². The van der Waals surface area contributed by atoms with Crippen molar-refractivity contribution in [2.24, 2.45) is 13.0 Å². The number of anilines is 1. The first-order chi connectivity index (χ1) is 11.6. The standard InChI is InChI=1S/C18H24N4OS/c1-14-10-17(21(2)20-14)19-18(23)12-22-9-8-15(11-22)13-24-16-6-4-3-5-7-16/h3-7,10,15H,8-9,11-13H2,1-2H3,(H,19,23)/t15-/m0/s1. The number of carbonyl (C=O) groups is 1. The Hall–Kier alpha value is -1.79. The van der Waals surface area contributed by atoms with Gasteiger partial charge in [0.05, 0.1) is 12.2 Å². The van der Waals surface area contributed by atoms with E-state index in [1.807, 2.05) is 37.9 Å². The van der Waals surface area contributed by atoms with Crippen LogP contribution in [-0.4, -0.2) is 46.0 Å². The highest BCUT2D eigenvalue weighted by atomic mass is 32.2. The van der Waals surface area contributed by atoms with E-state index in [1.165, 1.54) is 4.90 Å². The smallest absolute Gasteiger partial charge is 0.239 e. The second kappa shape index (κ2) is 7.85. The SMILES string of the molecule is Cc1cc(NC(=O)CN2CC[C@H](CSc3ccccc3)C2)n(C)n1. The van der Waals surface area contributed by atoms with Crippen LogP contribution < -0.4 is 5.32 Å². The van der Waals surface area contributed by atoms with Crippen molar-refractivity contribution in [1.29, 1.82) is 0 Å². The summed E-state index contributed by atoms with van der Waals surface area (Å²) in [6.07, 6.45) is 1.16. The molecule has 2 aromatic rings. The number of hydrogen-bond donors (Lipinski definition) is 1. The summed E-state index contributed by atoms with van der Waals surface area (Å²) in [5.74, 6) is 2.56. The molecule has 24 heavy (non-hydrogen) atoms.